The lowest BCUT2D eigenvalue weighted by molar-refractivity contribution is 0.0671. The van der Waals surface area contributed by atoms with Crippen molar-refractivity contribution in [1.82, 2.24) is 19.8 Å². The molecule has 20 heavy (non-hydrogen) atoms. The lowest BCUT2D eigenvalue weighted by atomic mass is 10.3. The van der Waals surface area contributed by atoms with E-state index in [2.05, 4.69) is 22.2 Å². The molecule has 0 saturated carbocycles. The number of hydrogen-bond acceptors (Lipinski definition) is 2. The summed E-state index contributed by atoms with van der Waals surface area (Å²) in [6.07, 6.45) is 4.79. The van der Waals surface area contributed by atoms with E-state index in [1.807, 2.05) is 18.9 Å². The second-order valence-corrected chi connectivity index (χ2v) is 4.47. The van der Waals surface area contributed by atoms with Crippen LogP contribution < -0.4 is 5.32 Å². The molecule has 7 heteroatoms. The third kappa shape index (κ3) is 4.79. The molecule has 0 spiro atoms. The highest BCUT2D eigenvalue weighted by molar-refractivity contribution is 5.79. The van der Waals surface area contributed by atoms with E-state index in [4.69, 9.17) is 0 Å². The Morgan fingerprint density at radius 3 is 2.85 bits per heavy atom. The molecular weight excluding hydrogens is 264 g/mol. The topological polar surface area (TPSA) is 45.5 Å². The molecule has 0 bridgehead atoms. The Labute approximate surface area is 118 Å². The van der Waals surface area contributed by atoms with Gasteiger partial charge in [-0.2, -0.15) is 8.78 Å². The predicted octanol–water partition coefficient (Wildman–Crippen LogP) is 2.48. The van der Waals surface area contributed by atoms with Crippen LogP contribution in [0, 0.1) is 0 Å². The first kappa shape index (κ1) is 16.4. The first-order chi connectivity index (χ1) is 9.60. The van der Waals surface area contributed by atoms with E-state index in [1.165, 1.54) is 12.4 Å². The minimum absolute atomic E-state index is 0.135. The van der Waals surface area contributed by atoms with Crippen molar-refractivity contribution in [3.8, 4) is 0 Å². The molecule has 1 N–H and O–H groups in total. The van der Waals surface area contributed by atoms with Crippen LogP contribution in [0.25, 0.3) is 0 Å². The molecule has 0 aliphatic rings. The summed E-state index contributed by atoms with van der Waals surface area (Å²) < 4.78 is 26.2. The van der Waals surface area contributed by atoms with Crippen LogP contribution in [0.3, 0.4) is 0 Å². The second-order valence-electron chi connectivity index (χ2n) is 4.47. The highest BCUT2D eigenvalue weighted by atomic mass is 19.3. The molecule has 5 nitrogen and oxygen atoms in total. The number of nitrogens with one attached hydrogen (secondary N) is 1. The van der Waals surface area contributed by atoms with Crippen molar-refractivity contribution < 1.29 is 8.78 Å². The Morgan fingerprint density at radius 1 is 1.50 bits per heavy atom. The van der Waals surface area contributed by atoms with Crippen LogP contribution >= 0.6 is 0 Å². The van der Waals surface area contributed by atoms with Gasteiger partial charge in [0.05, 0.1) is 0 Å². The fourth-order valence-electron chi connectivity index (χ4n) is 1.76. The van der Waals surface area contributed by atoms with Crippen LogP contribution in [0.4, 0.5) is 8.78 Å². The smallest absolute Gasteiger partial charge is 0.319 e. The van der Waals surface area contributed by atoms with Gasteiger partial charge in [0.1, 0.15) is 12.4 Å². The Bertz CT molecular complexity index is 417. The number of unbranched alkanes of at least 4 members (excludes halogenated alkanes) is 1. The van der Waals surface area contributed by atoms with Crippen molar-refractivity contribution in [2.24, 2.45) is 4.99 Å². The molecule has 1 aromatic rings. The Hall–Kier alpha value is -1.66. The van der Waals surface area contributed by atoms with Crippen LogP contribution in [-0.2, 0) is 6.54 Å². The van der Waals surface area contributed by atoms with E-state index in [9.17, 15) is 8.78 Å². The van der Waals surface area contributed by atoms with Crippen molar-refractivity contribution in [2.75, 3.05) is 20.1 Å². The first-order valence-corrected chi connectivity index (χ1v) is 6.89. The van der Waals surface area contributed by atoms with Crippen molar-refractivity contribution in [3.05, 3.63) is 18.2 Å². The predicted molar refractivity (Wildman–Crippen MR) is 75.8 cm³/mol. The summed E-state index contributed by atoms with van der Waals surface area (Å²) in [5, 5.41) is 3.15. The quantitative estimate of drug-likeness (QED) is 0.619. The fraction of sp³-hybridized carbons (Fsp3) is 0.692. The maximum Gasteiger partial charge on any atom is 0.319 e. The third-order valence-corrected chi connectivity index (χ3v) is 2.87. The number of hydrogen-bond donors (Lipinski definition) is 1. The summed E-state index contributed by atoms with van der Waals surface area (Å²) in [5.74, 6) is 0.976. The maximum atomic E-state index is 12.7. The lowest BCUT2D eigenvalue weighted by Crippen LogP contribution is -2.39. The Morgan fingerprint density at radius 2 is 2.25 bits per heavy atom. The SMILES string of the molecule is CCCCN(C)C(=NCc1nccn1C(F)F)NCC. The van der Waals surface area contributed by atoms with Crippen LogP contribution in [-0.4, -0.2) is 40.5 Å². The summed E-state index contributed by atoms with van der Waals surface area (Å²) in [7, 11) is 1.94. The van der Waals surface area contributed by atoms with Gasteiger partial charge in [-0.1, -0.05) is 13.3 Å². The summed E-state index contributed by atoms with van der Waals surface area (Å²) >= 11 is 0. The highest BCUT2D eigenvalue weighted by Crippen LogP contribution is 2.12. The molecule has 1 aromatic heterocycles. The Balaban J connectivity index is 2.73. The van der Waals surface area contributed by atoms with Gasteiger partial charge in [-0.05, 0) is 13.3 Å². The van der Waals surface area contributed by atoms with E-state index < -0.39 is 6.55 Å². The fourth-order valence-corrected chi connectivity index (χ4v) is 1.76. The molecular formula is C13H23F2N5. The zero-order chi connectivity index (χ0) is 15.0. The number of aromatic nitrogens is 2. The summed E-state index contributed by atoms with van der Waals surface area (Å²) in [6, 6.07) is 0. The Kier molecular flexibility index (Phi) is 6.97. The van der Waals surface area contributed by atoms with Crippen molar-refractivity contribution in [3.63, 3.8) is 0 Å². The molecule has 0 aliphatic heterocycles. The van der Waals surface area contributed by atoms with E-state index in [0.717, 1.165) is 30.5 Å². The van der Waals surface area contributed by atoms with Gasteiger partial charge in [0, 0.05) is 32.5 Å². The highest BCUT2D eigenvalue weighted by Gasteiger charge is 2.11. The van der Waals surface area contributed by atoms with Gasteiger partial charge in [-0.15, -0.1) is 0 Å². The molecule has 0 aliphatic carbocycles. The lowest BCUT2D eigenvalue weighted by Gasteiger charge is -2.21. The molecule has 0 aromatic carbocycles. The molecule has 114 valence electrons. The minimum atomic E-state index is -2.58. The largest absolute Gasteiger partial charge is 0.357 e. The van der Waals surface area contributed by atoms with Gasteiger partial charge < -0.3 is 10.2 Å². The van der Waals surface area contributed by atoms with Gasteiger partial charge in [-0.3, -0.25) is 4.57 Å². The number of rotatable bonds is 7. The van der Waals surface area contributed by atoms with E-state index in [1.54, 1.807) is 0 Å². The van der Waals surface area contributed by atoms with Gasteiger partial charge in [0.25, 0.3) is 0 Å². The normalized spacial score (nSPS) is 12.0. The summed E-state index contributed by atoms with van der Waals surface area (Å²) in [4.78, 5) is 10.3. The van der Waals surface area contributed by atoms with Gasteiger partial charge >= 0.3 is 6.55 Å². The number of guanidine groups is 1. The number of alkyl halides is 2. The summed E-state index contributed by atoms with van der Waals surface area (Å²) in [5.41, 5.74) is 0. The van der Waals surface area contributed by atoms with E-state index in [0.29, 0.717) is 5.96 Å². The summed E-state index contributed by atoms with van der Waals surface area (Å²) in [6.45, 7) is 3.27. The van der Waals surface area contributed by atoms with E-state index in [-0.39, 0.29) is 12.4 Å². The number of nitrogens with zero attached hydrogens (tertiary/aromatic N) is 4. The van der Waals surface area contributed by atoms with Crippen LogP contribution in [0.15, 0.2) is 17.4 Å². The van der Waals surface area contributed by atoms with Crippen LogP contribution in [0.2, 0.25) is 0 Å². The standard InChI is InChI=1S/C13H23F2N5/c1-4-6-8-19(3)13(16-5-2)18-10-11-17-7-9-20(11)12(14)15/h7,9,12H,4-6,8,10H2,1-3H3,(H,16,18). The molecule has 0 amide bonds. The van der Waals surface area contributed by atoms with E-state index >= 15 is 0 Å². The molecule has 0 atom stereocenters. The molecule has 0 unspecified atom stereocenters. The first-order valence-electron chi connectivity index (χ1n) is 6.89. The third-order valence-electron chi connectivity index (χ3n) is 2.87. The average Bonchev–Trinajstić information content (AvgIpc) is 2.89. The molecule has 0 radical (unpaired) electrons. The number of imidazole rings is 1. The number of aliphatic imine (C=N–C) groups is 1. The minimum Gasteiger partial charge on any atom is -0.357 e. The maximum absolute atomic E-state index is 12.7. The van der Waals surface area contributed by atoms with Crippen molar-refractivity contribution in [1.29, 1.82) is 0 Å². The molecule has 0 fully saturated rings. The molecule has 1 heterocycles. The van der Waals surface area contributed by atoms with Crippen molar-refractivity contribution in [2.45, 2.75) is 39.8 Å². The van der Waals surface area contributed by atoms with Crippen LogP contribution in [0.1, 0.15) is 39.1 Å². The second kappa shape index (κ2) is 8.50. The van der Waals surface area contributed by atoms with Crippen molar-refractivity contribution >= 4 is 5.96 Å². The zero-order valence-corrected chi connectivity index (χ0v) is 12.3. The van der Waals surface area contributed by atoms with Crippen LogP contribution in [0.5, 0.6) is 0 Å². The zero-order valence-electron chi connectivity index (χ0n) is 12.3. The molecule has 0 saturated heterocycles. The average molecular weight is 287 g/mol. The molecule has 1 rings (SSSR count). The number of halogens is 2. The van der Waals surface area contributed by atoms with Gasteiger partial charge in [-0.25, -0.2) is 9.98 Å². The van der Waals surface area contributed by atoms with Gasteiger partial charge in [0.15, 0.2) is 5.96 Å². The van der Waals surface area contributed by atoms with Gasteiger partial charge in [0.2, 0.25) is 0 Å². The monoisotopic (exact) mass is 287 g/mol.